The van der Waals surface area contributed by atoms with Crippen LogP contribution >= 0.6 is 0 Å². The van der Waals surface area contributed by atoms with Gasteiger partial charge in [0.2, 0.25) is 0 Å². The highest BCUT2D eigenvalue weighted by Gasteiger charge is 2.39. The molecule has 0 radical (unpaired) electrons. The Bertz CT molecular complexity index is 895. The van der Waals surface area contributed by atoms with Crippen molar-refractivity contribution in [1.82, 2.24) is 9.62 Å². The van der Waals surface area contributed by atoms with E-state index in [9.17, 15) is 13.2 Å². The van der Waals surface area contributed by atoms with E-state index in [4.69, 9.17) is 5.73 Å². The van der Waals surface area contributed by atoms with Gasteiger partial charge in [-0.05, 0) is 42.7 Å². The van der Waals surface area contributed by atoms with Gasteiger partial charge < -0.3 is 11.1 Å². The maximum atomic E-state index is 12.9. The lowest BCUT2D eigenvalue weighted by atomic mass is 10.1. The van der Waals surface area contributed by atoms with Gasteiger partial charge in [0.1, 0.15) is 0 Å². The topological polar surface area (TPSA) is 92.5 Å². The van der Waals surface area contributed by atoms with Crippen molar-refractivity contribution in [3.05, 3.63) is 59.2 Å². The van der Waals surface area contributed by atoms with Gasteiger partial charge in [0.25, 0.3) is 10.0 Å². The highest BCUT2D eigenvalue weighted by Crippen LogP contribution is 2.30. The summed E-state index contributed by atoms with van der Waals surface area (Å²) in [6, 6.07) is 11.3. The fourth-order valence-corrected chi connectivity index (χ4v) is 4.45. The van der Waals surface area contributed by atoms with Gasteiger partial charge in [-0.3, -0.25) is 0 Å². The Morgan fingerprint density at radius 2 is 1.75 bits per heavy atom. The third kappa shape index (κ3) is 2.60. The number of nitrogens with one attached hydrogen (secondary N) is 1. The highest BCUT2D eigenvalue weighted by atomic mass is 32.2. The molecule has 0 spiro atoms. The van der Waals surface area contributed by atoms with Crippen LogP contribution in [0.1, 0.15) is 22.7 Å². The molecule has 1 atom stereocenters. The number of carbonyl (C=O) groups excluding carboxylic acids is 1. The van der Waals surface area contributed by atoms with Crippen LogP contribution < -0.4 is 11.1 Å². The van der Waals surface area contributed by atoms with Crippen molar-refractivity contribution in [2.24, 2.45) is 0 Å². The van der Waals surface area contributed by atoms with E-state index in [1.807, 2.05) is 30.3 Å². The van der Waals surface area contributed by atoms with E-state index < -0.39 is 16.1 Å². The Kier molecular flexibility index (Phi) is 3.96. The fourth-order valence-electron chi connectivity index (χ4n) is 2.81. The highest BCUT2D eigenvalue weighted by molar-refractivity contribution is 7.89. The summed E-state index contributed by atoms with van der Waals surface area (Å²) in [6.07, 6.45) is 0. The number of rotatable bonds is 3. The van der Waals surface area contributed by atoms with Gasteiger partial charge in [0.05, 0.1) is 17.5 Å². The van der Waals surface area contributed by atoms with Crippen LogP contribution in [0.2, 0.25) is 0 Å². The summed E-state index contributed by atoms with van der Waals surface area (Å²) >= 11 is 0. The van der Waals surface area contributed by atoms with Crippen LogP contribution in [0.3, 0.4) is 0 Å². The molecule has 0 aromatic heterocycles. The molecule has 2 amide bonds. The third-order valence-electron chi connectivity index (χ3n) is 4.42. The number of nitrogens with zero attached hydrogens (tertiary/aromatic N) is 1. The van der Waals surface area contributed by atoms with E-state index in [2.05, 4.69) is 5.32 Å². The molecule has 3 N–H and O–H groups in total. The normalized spacial score (nSPS) is 17.8. The van der Waals surface area contributed by atoms with Crippen molar-refractivity contribution in [2.75, 3.05) is 12.3 Å². The van der Waals surface area contributed by atoms with Gasteiger partial charge >= 0.3 is 6.03 Å². The Labute approximate surface area is 141 Å². The van der Waals surface area contributed by atoms with E-state index >= 15 is 0 Å². The van der Waals surface area contributed by atoms with Gasteiger partial charge in [-0.15, -0.1) is 0 Å². The predicted octanol–water partition coefficient (Wildman–Crippen LogP) is 2.34. The fraction of sp³-hybridized carbons (Fsp3) is 0.235. The minimum atomic E-state index is -3.93. The molecule has 24 heavy (non-hydrogen) atoms. The molecule has 2 aromatic carbocycles. The second-order valence-electron chi connectivity index (χ2n) is 5.85. The Hall–Kier alpha value is -2.54. The summed E-state index contributed by atoms with van der Waals surface area (Å²) in [7, 11) is -3.93. The third-order valence-corrected chi connectivity index (χ3v) is 6.32. The van der Waals surface area contributed by atoms with E-state index in [1.165, 1.54) is 6.07 Å². The van der Waals surface area contributed by atoms with Crippen LogP contribution in [0, 0.1) is 13.8 Å². The molecule has 0 aliphatic carbocycles. The maximum absolute atomic E-state index is 12.9. The zero-order valence-electron chi connectivity index (χ0n) is 13.5. The molecule has 1 aliphatic heterocycles. The van der Waals surface area contributed by atoms with Crippen molar-refractivity contribution in [2.45, 2.75) is 24.8 Å². The first-order valence-electron chi connectivity index (χ1n) is 7.56. The number of sulfonamides is 1. The summed E-state index contributed by atoms with van der Waals surface area (Å²) in [5, 5.41) is 2.72. The van der Waals surface area contributed by atoms with Crippen molar-refractivity contribution < 1.29 is 13.2 Å². The first-order chi connectivity index (χ1) is 11.3. The van der Waals surface area contributed by atoms with Crippen LogP contribution in [0.4, 0.5) is 10.5 Å². The first kappa shape index (κ1) is 16.3. The van der Waals surface area contributed by atoms with Crippen molar-refractivity contribution >= 4 is 21.7 Å². The zero-order chi connectivity index (χ0) is 17.5. The van der Waals surface area contributed by atoms with Crippen LogP contribution in [-0.4, -0.2) is 25.3 Å². The number of hydrogen-bond donors (Lipinski definition) is 2. The number of anilines is 1. The number of carbonyl (C=O) groups is 1. The van der Waals surface area contributed by atoms with Gasteiger partial charge in [-0.25, -0.2) is 17.5 Å². The molecule has 0 saturated carbocycles. The van der Waals surface area contributed by atoms with Crippen LogP contribution in [-0.2, 0) is 10.0 Å². The zero-order valence-corrected chi connectivity index (χ0v) is 14.3. The van der Waals surface area contributed by atoms with Gasteiger partial charge in [0.15, 0.2) is 0 Å². The van der Waals surface area contributed by atoms with Gasteiger partial charge in [0, 0.05) is 5.69 Å². The number of benzene rings is 2. The van der Waals surface area contributed by atoms with Crippen molar-refractivity contribution in [1.29, 1.82) is 0 Å². The minimum absolute atomic E-state index is 0.0635. The summed E-state index contributed by atoms with van der Waals surface area (Å²) in [5.41, 5.74) is 8.49. The average Bonchev–Trinajstić information content (AvgIpc) is 2.96. The molecule has 0 bridgehead atoms. The molecule has 1 fully saturated rings. The molecule has 0 unspecified atom stereocenters. The summed E-state index contributed by atoms with van der Waals surface area (Å²) < 4.78 is 26.8. The second-order valence-corrected chi connectivity index (χ2v) is 7.68. The Morgan fingerprint density at radius 3 is 2.42 bits per heavy atom. The van der Waals surface area contributed by atoms with Gasteiger partial charge in [-0.1, -0.05) is 30.3 Å². The van der Waals surface area contributed by atoms with Crippen LogP contribution in [0.25, 0.3) is 0 Å². The van der Waals surface area contributed by atoms with Crippen molar-refractivity contribution in [3.63, 3.8) is 0 Å². The Balaban J connectivity index is 1.97. The molecule has 1 heterocycles. The summed E-state index contributed by atoms with van der Waals surface area (Å²) in [6.45, 7) is 3.52. The smallest absolute Gasteiger partial charge is 0.331 e. The van der Waals surface area contributed by atoms with E-state index in [1.54, 1.807) is 19.9 Å². The predicted molar refractivity (Wildman–Crippen MR) is 91.9 cm³/mol. The van der Waals surface area contributed by atoms with Gasteiger partial charge in [-0.2, -0.15) is 0 Å². The molecule has 2 aromatic rings. The largest absolute Gasteiger partial charge is 0.399 e. The lowest BCUT2D eigenvalue weighted by Crippen LogP contribution is -2.34. The number of amides is 2. The summed E-state index contributed by atoms with van der Waals surface area (Å²) in [5.74, 6) is 0. The molecule has 7 heteroatoms. The van der Waals surface area contributed by atoms with Crippen molar-refractivity contribution in [3.8, 4) is 0 Å². The number of nitrogen functional groups attached to an aromatic ring is 1. The molecule has 1 aliphatic rings. The van der Waals surface area contributed by atoms with E-state index in [0.717, 1.165) is 9.87 Å². The SMILES string of the molecule is Cc1c(N)ccc(S(=O)(=O)N2C[C@H](c3ccccc3)NC2=O)c1C. The monoisotopic (exact) mass is 345 g/mol. The number of hydrogen-bond acceptors (Lipinski definition) is 4. The van der Waals surface area contributed by atoms with Crippen LogP contribution in [0.15, 0.2) is 47.4 Å². The average molecular weight is 345 g/mol. The quantitative estimate of drug-likeness (QED) is 0.835. The second kappa shape index (κ2) is 5.83. The number of nitrogens with two attached hydrogens (primary N) is 1. The first-order valence-corrected chi connectivity index (χ1v) is 9.00. The molecular formula is C17H19N3O3S. The minimum Gasteiger partial charge on any atom is -0.399 e. The van der Waals surface area contributed by atoms with E-state index in [0.29, 0.717) is 16.8 Å². The lowest BCUT2D eigenvalue weighted by Gasteiger charge is -2.18. The van der Waals surface area contributed by atoms with E-state index in [-0.39, 0.29) is 17.5 Å². The van der Waals surface area contributed by atoms with Crippen LogP contribution in [0.5, 0.6) is 0 Å². The molecule has 3 rings (SSSR count). The molecule has 126 valence electrons. The Morgan fingerprint density at radius 1 is 1.08 bits per heavy atom. The lowest BCUT2D eigenvalue weighted by molar-refractivity contribution is 0.235. The molecule has 1 saturated heterocycles. The molecule has 6 nitrogen and oxygen atoms in total. The molecular weight excluding hydrogens is 326 g/mol. The standard InChI is InChI=1S/C17H19N3O3S/c1-11-12(2)16(9-8-14(11)18)24(22,23)20-10-15(19-17(20)21)13-6-4-3-5-7-13/h3-9,15H,10,18H2,1-2H3,(H,19,21)/t15-/m1/s1. The number of urea groups is 1. The summed E-state index contributed by atoms with van der Waals surface area (Å²) in [4.78, 5) is 12.4. The maximum Gasteiger partial charge on any atom is 0.331 e.